The van der Waals surface area contributed by atoms with Crippen molar-refractivity contribution < 1.29 is 31.0 Å². The van der Waals surface area contributed by atoms with E-state index in [9.17, 15) is 31.0 Å². The average Bonchev–Trinajstić information content (AvgIpc) is 3.62. The number of nitrogens with one attached hydrogen (secondary N) is 2. The van der Waals surface area contributed by atoms with Gasteiger partial charge in [-0.2, -0.15) is 18.3 Å². The van der Waals surface area contributed by atoms with Gasteiger partial charge in [0.15, 0.2) is 0 Å². The molecule has 2 N–H and O–H groups in total. The summed E-state index contributed by atoms with van der Waals surface area (Å²) in [5.74, 6) is -5.78. The molecule has 2 aromatic rings. The molecule has 1 spiro atoms. The number of alkyl halides is 5. The maximum atomic E-state index is 14.3. The summed E-state index contributed by atoms with van der Waals surface area (Å²) >= 11 is 0. The summed E-state index contributed by atoms with van der Waals surface area (Å²) in [6.07, 6.45) is -1.06. The predicted molar refractivity (Wildman–Crippen MR) is 107 cm³/mol. The zero-order chi connectivity index (χ0) is 24.0. The molecule has 2 aromatic heterocycles. The van der Waals surface area contributed by atoms with E-state index in [0.717, 1.165) is 17.0 Å². The monoisotopic (exact) mass is 489 g/mol. The molecule has 178 valence electrons. The van der Waals surface area contributed by atoms with Crippen LogP contribution in [0.25, 0.3) is 0 Å². The second-order valence-electron chi connectivity index (χ2n) is 9.08. The number of carbonyl (C=O) groups is 1. The molecule has 5 rings (SSSR count). The molecule has 7 nitrogen and oxygen atoms in total. The van der Waals surface area contributed by atoms with Crippen LogP contribution < -0.4 is 5.32 Å². The summed E-state index contributed by atoms with van der Waals surface area (Å²) in [5, 5.41) is 6.17. The van der Waals surface area contributed by atoms with Crippen molar-refractivity contribution >= 4 is 21.3 Å². The SMILES string of the molecule is C[S@](=N)(=O)c1cc(NC(=O)c2c(C(F)(F)F)c(C3CC3)nn2C[C@@H]2C(F)(F)C23CC3)ccn1. The molecule has 13 heteroatoms. The second-order valence-corrected chi connectivity index (χ2v) is 11.2. The molecule has 0 saturated heterocycles. The Morgan fingerprint density at radius 3 is 2.52 bits per heavy atom. The lowest BCUT2D eigenvalue weighted by Crippen LogP contribution is -2.23. The zero-order valence-corrected chi connectivity index (χ0v) is 18.2. The van der Waals surface area contributed by atoms with E-state index >= 15 is 0 Å². The Labute approximate surface area is 185 Å². The quantitative estimate of drug-likeness (QED) is 0.583. The van der Waals surface area contributed by atoms with Crippen molar-refractivity contribution in [3.8, 4) is 0 Å². The fourth-order valence-electron chi connectivity index (χ4n) is 4.53. The van der Waals surface area contributed by atoms with Crippen molar-refractivity contribution in [1.82, 2.24) is 14.8 Å². The lowest BCUT2D eigenvalue weighted by molar-refractivity contribution is -0.138. The van der Waals surface area contributed by atoms with Gasteiger partial charge < -0.3 is 5.32 Å². The van der Waals surface area contributed by atoms with Crippen molar-refractivity contribution in [3.63, 3.8) is 0 Å². The third-order valence-electron chi connectivity index (χ3n) is 6.66. The normalized spacial score (nSPS) is 24.4. The number of aromatic nitrogens is 3. The third kappa shape index (κ3) is 3.60. The largest absolute Gasteiger partial charge is 0.420 e. The van der Waals surface area contributed by atoms with Gasteiger partial charge >= 0.3 is 6.18 Å². The summed E-state index contributed by atoms with van der Waals surface area (Å²) in [5.41, 5.74) is -3.51. The van der Waals surface area contributed by atoms with Gasteiger partial charge in [0.05, 0.1) is 27.9 Å². The summed E-state index contributed by atoms with van der Waals surface area (Å²) in [6.45, 7) is -0.483. The highest BCUT2D eigenvalue weighted by Gasteiger charge is 2.86. The Hall–Kier alpha value is -2.57. The molecule has 0 aromatic carbocycles. The molecule has 3 aliphatic rings. The fourth-order valence-corrected chi connectivity index (χ4v) is 5.14. The van der Waals surface area contributed by atoms with Crippen molar-refractivity contribution in [2.45, 2.75) is 55.3 Å². The Kier molecular flexibility index (Phi) is 4.54. The van der Waals surface area contributed by atoms with Gasteiger partial charge in [0.25, 0.3) is 11.8 Å². The van der Waals surface area contributed by atoms with Crippen molar-refractivity contribution in [2.75, 3.05) is 11.6 Å². The van der Waals surface area contributed by atoms with Gasteiger partial charge in [-0.15, -0.1) is 0 Å². The van der Waals surface area contributed by atoms with E-state index in [1.54, 1.807) is 0 Å². The first-order valence-electron chi connectivity index (χ1n) is 10.3. The summed E-state index contributed by atoms with van der Waals surface area (Å²) in [4.78, 5) is 16.9. The molecule has 3 fully saturated rings. The zero-order valence-electron chi connectivity index (χ0n) is 17.4. The van der Waals surface area contributed by atoms with E-state index in [0.29, 0.717) is 25.7 Å². The van der Waals surface area contributed by atoms with E-state index in [1.165, 1.54) is 12.3 Å². The first-order valence-corrected chi connectivity index (χ1v) is 12.3. The molecule has 0 unspecified atom stereocenters. The highest BCUT2D eigenvalue weighted by Crippen LogP contribution is 2.80. The summed E-state index contributed by atoms with van der Waals surface area (Å²) < 4.78 is 91.0. The van der Waals surface area contributed by atoms with Crippen molar-refractivity contribution in [1.29, 1.82) is 4.78 Å². The summed E-state index contributed by atoms with van der Waals surface area (Å²) in [7, 11) is -3.23. The van der Waals surface area contributed by atoms with Crippen LogP contribution in [0.15, 0.2) is 23.4 Å². The first-order chi connectivity index (χ1) is 15.3. The van der Waals surface area contributed by atoms with Gasteiger partial charge in [-0.3, -0.25) is 9.48 Å². The molecule has 0 aliphatic heterocycles. The maximum absolute atomic E-state index is 14.3. The Balaban J connectivity index is 1.54. The highest BCUT2D eigenvalue weighted by molar-refractivity contribution is 7.91. The average molecular weight is 489 g/mol. The smallest absolute Gasteiger partial charge is 0.320 e. The first kappa shape index (κ1) is 22.2. The number of nitrogens with zero attached hydrogens (tertiary/aromatic N) is 3. The number of pyridine rings is 1. The standard InChI is InChI=1S/C20H20F5N5O2S/c1-33(26,32)13-8-11(4-7-27-13)28-17(31)16-14(20(23,24)25)15(10-2-3-10)29-30(16)9-12-18(5-6-18)19(12,21)22/h4,7-8,10,12,26H,2-3,5-6,9H2,1H3,(H,27,28,31)/t12-,33-/m0/s1. The lowest BCUT2D eigenvalue weighted by atomic mass is 10.1. The van der Waals surface area contributed by atoms with Crippen molar-refractivity contribution in [2.24, 2.45) is 11.3 Å². The minimum absolute atomic E-state index is 0.0175. The van der Waals surface area contributed by atoms with Gasteiger partial charge in [0.1, 0.15) is 16.3 Å². The van der Waals surface area contributed by atoms with E-state index in [-0.39, 0.29) is 16.4 Å². The van der Waals surface area contributed by atoms with Crippen LogP contribution in [0.3, 0.4) is 0 Å². The molecule has 2 atom stereocenters. The van der Waals surface area contributed by atoms with Crippen LogP contribution in [0, 0.1) is 16.1 Å². The molecule has 33 heavy (non-hydrogen) atoms. The Morgan fingerprint density at radius 1 is 1.33 bits per heavy atom. The van der Waals surface area contributed by atoms with Crippen LogP contribution in [0.1, 0.15) is 53.3 Å². The van der Waals surface area contributed by atoms with E-state index < -0.39 is 62.8 Å². The second kappa shape index (κ2) is 6.73. The van der Waals surface area contributed by atoms with Crippen LogP contribution in [-0.2, 0) is 22.5 Å². The van der Waals surface area contributed by atoms with Crippen LogP contribution >= 0.6 is 0 Å². The summed E-state index contributed by atoms with van der Waals surface area (Å²) in [6, 6.07) is 2.41. The van der Waals surface area contributed by atoms with Gasteiger partial charge in [0.2, 0.25) is 0 Å². The molecule has 0 bridgehead atoms. The fraction of sp³-hybridized carbons (Fsp3) is 0.550. The van der Waals surface area contributed by atoms with E-state index in [1.807, 2.05) is 0 Å². The molecule has 3 aliphatic carbocycles. The van der Waals surface area contributed by atoms with Crippen LogP contribution in [0.4, 0.5) is 27.6 Å². The highest BCUT2D eigenvalue weighted by atomic mass is 32.2. The minimum Gasteiger partial charge on any atom is -0.320 e. The number of anilines is 1. The minimum atomic E-state index is -4.91. The molecule has 0 radical (unpaired) electrons. The van der Waals surface area contributed by atoms with Crippen LogP contribution in [0.5, 0.6) is 0 Å². The Bertz CT molecular complexity index is 1260. The number of halogens is 5. The maximum Gasteiger partial charge on any atom is 0.420 e. The third-order valence-corrected chi connectivity index (χ3v) is 7.68. The van der Waals surface area contributed by atoms with Gasteiger partial charge in [-0.25, -0.2) is 22.8 Å². The number of hydrogen-bond donors (Lipinski definition) is 2. The van der Waals surface area contributed by atoms with Crippen LogP contribution in [-0.4, -0.2) is 37.1 Å². The molecule has 1 amide bonds. The number of rotatable bonds is 6. The number of amides is 1. The molecule has 2 heterocycles. The lowest BCUT2D eigenvalue weighted by Gasteiger charge is -2.13. The number of hydrogen-bond acceptors (Lipinski definition) is 5. The predicted octanol–water partition coefficient (Wildman–Crippen LogP) is 4.51. The molecular weight excluding hydrogens is 469 g/mol. The Morgan fingerprint density at radius 2 is 2.00 bits per heavy atom. The van der Waals surface area contributed by atoms with Gasteiger partial charge in [-0.05, 0) is 37.8 Å². The number of carbonyl (C=O) groups excluding carboxylic acids is 1. The van der Waals surface area contributed by atoms with Gasteiger partial charge in [-0.1, -0.05) is 0 Å². The van der Waals surface area contributed by atoms with E-state index in [2.05, 4.69) is 15.4 Å². The van der Waals surface area contributed by atoms with Crippen LogP contribution in [0.2, 0.25) is 0 Å². The van der Waals surface area contributed by atoms with E-state index in [4.69, 9.17) is 4.78 Å². The molecule has 3 saturated carbocycles. The molecular formula is C20H20F5N5O2S. The van der Waals surface area contributed by atoms with Crippen molar-refractivity contribution in [3.05, 3.63) is 35.3 Å². The topological polar surface area (TPSA) is 101 Å². The van der Waals surface area contributed by atoms with Gasteiger partial charge in [0, 0.05) is 29.5 Å².